The van der Waals surface area contributed by atoms with Crippen molar-refractivity contribution >= 4 is 40.7 Å². The van der Waals surface area contributed by atoms with E-state index >= 15 is 0 Å². The lowest BCUT2D eigenvalue weighted by Crippen LogP contribution is -2.39. The summed E-state index contributed by atoms with van der Waals surface area (Å²) in [7, 11) is 1.46. The Hall–Kier alpha value is -4.48. The molecule has 3 heterocycles. The molecule has 1 atom stereocenters. The van der Waals surface area contributed by atoms with Crippen molar-refractivity contribution in [1.82, 2.24) is 4.57 Å². The summed E-state index contributed by atoms with van der Waals surface area (Å²) in [6.07, 6.45) is 1.57. The van der Waals surface area contributed by atoms with E-state index in [1.165, 1.54) is 29.9 Å². The summed E-state index contributed by atoms with van der Waals surface area (Å²) in [5.74, 6) is 0.521. The zero-order valence-corrected chi connectivity index (χ0v) is 23.1. The smallest absolute Gasteiger partial charge is 0.338 e. The van der Waals surface area contributed by atoms with E-state index in [2.05, 4.69) is 4.99 Å². The van der Waals surface area contributed by atoms with Gasteiger partial charge in [0, 0.05) is 23.2 Å². The lowest BCUT2D eigenvalue weighted by Gasteiger charge is -2.24. The number of hydrogen-bond donors (Lipinski definition) is 0. The zero-order chi connectivity index (χ0) is 28.6. The molecule has 0 N–H and O–H groups in total. The van der Waals surface area contributed by atoms with E-state index in [1.807, 2.05) is 0 Å². The van der Waals surface area contributed by atoms with Gasteiger partial charge in [-0.05, 0) is 49.7 Å². The summed E-state index contributed by atoms with van der Waals surface area (Å²) in [4.78, 5) is 42.5. The Balaban J connectivity index is 1.63. The number of thiazole rings is 1. The molecule has 12 heteroatoms. The number of hydrogen-bond acceptors (Lipinski definition) is 9. The summed E-state index contributed by atoms with van der Waals surface area (Å²) in [5, 5.41) is 11.8. The van der Waals surface area contributed by atoms with Crippen molar-refractivity contribution in [1.29, 1.82) is 0 Å². The van der Waals surface area contributed by atoms with E-state index in [1.54, 1.807) is 56.3 Å². The van der Waals surface area contributed by atoms with E-state index in [0.717, 1.165) is 11.3 Å². The molecule has 4 aromatic rings. The number of benzene rings is 2. The number of aromatic nitrogens is 1. The SMILES string of the molecule is CCOC(=O)C1=C(C)N=c2s/c(=C\c3ccc(-c4cc([N+](=O)[O-])ccc4OC)o3)c(=O)n2[C@H]1c1ccc(Cl)cc1. The van der Waals surface area contributed by atoms with Crippen LogP contribution in [0.1, 0.15) is 31.2 Å². The fourth-order valence-corrected chi connectivity index (χ4v) is 5.61. The van der Waals surface area contributed by atoms with Crippen molar-refractivity contribution in [3.8, 4) is 17.1 Å². The molecule has 1 aliphatic rings. The second-order valence-electron chi connectivity index (χ2n) is 8.70. The second-order valence-corrected chi connectivity index (χ2v) is 10.1. The summed E-state index contributed by atoms with van der Waals surface area (Å²) in [6.45, 7) is 3.59. The van der Waals surface area contributed by atoms with Gasteiger partial charge in [-0.15, -0.1) is 0 Å². The molecule has 204 valence electrons. The Morgan fingerprint density at radius 1 is 1.23 bits per heavy atom. The molecule has 0 bridgehead atoms. The van der Waals surface area contributed by atoms with E-state index in [-0.39, 0.29) is 23.4 Å². The minimum atomic E-state index is -0.768. The van der Waals surface area contributed by atoms with Crippen LogP contribution in [0.4, 0.5) is 5.69 Å². The first kappa shape index (κ1) is 27.1. The quantitative estimate of drug-likeness (QED) is 0.177. The average Bonchev–Trinajstić information content (AvgIpc) is 3.52. The summed E-state index contributed by atoms with van der Waals surface area (Å²) >= 11 is 7.25. The van der Waals surface area contributed by atoms with Gasteiger partial charge in [-0.25, -0.2) is 9.79 Å². The Kier molecular flexibility index (Phi) is 7.42. The zero-order valence-electron chi connectivity index (χ0n) is 21.5. The predicted molar refractivity (Wildman–Crippen MR) is 149 cm³/mol. The van der Waals surface area contributed by atoms with Crippen molar-refractivity contribution in [2.24, 2.45) is 4.99 Å². The van der Waals surface area contributed by atoms with Crippen LogP contribution in [-0.2, 0) is 9.53 Å². The molecule has 10 nitrogen and oxygen atoms in total. The van der Waals surface area contributed by atoms with E-state index < -0.39 is 16.9 Å². The molecule has 0 fully saturated rings. The van der Waals surface area contributed by atoms with Gasteiger partial charge in [0.2, 0.25) is 0 Å². The monoisotopic (exact) mass is 579 g/mol. The van der Waals surface area contributed by atoms with Crippen LogP contribution in [0.2, 0.25) is 5.02 Å². The van der Waals surface area contributed by atoms with Crippen molar-refractivity contribution in [3.63, 3.8) is 0 Å². The lowest BCUT2D eigenvalue weighted by molar-refractivity contribution is -0.384. The van der Waals surface area contributed by atoms with Gasteiger partial charge in [0.15, 0.2) is 4.80 Å². The van der Waals surface area contributed by atoms with Crippen molar-refractivity contribution in [3.05, 3.63) is 112 Å². The minimum absolute atomic E-state index is 0.114. The fraction of sp³-hybridized carbons (Fsp3) is 0.179. The van der Waals surface area contributed by atoms with Gasteiger partial charge < -0.3 is 13.9 Å². The Morgan fingerprint density at radius 3 is 2.65 bits per heavy atom. The van der Waals surface area contributed by atoms with Crippen LogP contribution in [0.15, 0.2) is 80.1 Å². The number of methoxy groups -OCH3 is 1. The number of allylic oxidation sites excluding steroid dienone is 1. The van der Waals surface area contributed by atoms with Gasteiger partial charge in [0.05, 0.1) is 46.0 Å². The van der Waals surface area contributed by atoms with E-state index in [0.29, 0.717) is 48.5 Å². The Bertz CT molecular complexity index is 1850. The standard InChI is InChI=1S/C28H22ClN3O7S/c1-4-38-27(34)24-15(2)30-28-31(25(24)16-5-7-17(29)8-6-16)26(33)23(40-28)14-19-10-12-22(39-19)20-13-18(32(35)36)9-11-21(20)37-3/h5-14,25H,4H2,1-3H3/b23-14-/t25-/m0/s1. The molecule has 0 unspecified atom stereocenters. The van der Waals surface area contributed by atoms with Crippen LogP contribution < -0.4 is 19.6 Å². The molecule has 0 saturated carbocycles. The third kappa shape index (κ3) is 4.96. The molecule has 0 saturated heterocycles. The first-order valence-corrected chi connectivity index (χ1v) is 13.3. The highest BCUT2D eigenvalue weighted by atomic mass is 35.5. The molecule has 2 aromatic carbocycles. The normalized spacial score (nSPS) is 15.0. The number of furan rings is 1. The lowest BCUT2D eigenvalue weighted by atomic mass is 9.96. The van der Waals surface area contributed by atoms with Crippen LogP contribution in [0.25, 0.3) is 17.4 Å². The number of ether oxygens (including phenoxy) is 2. The number of nitro benzene ring substituents is 1. The number of fused-ring (bicyclic) bond motifs is 1. The Labute approximate surface area is 236 Å². The van der Waals surface area contributed by atoms with Gasteiger partial charge in [-0.3, -0.25) is 19.5 Å². The predicted octanol–water partition coefficient (Wildman–Crippen LogP) is 4.63. The van der Waals surface area contributed by atoms with Gasteiger partial charge in [-0.1, -0.05) is 35.1 Å². The van der Waals surface area contributed by atoms with Crippen LogP contribution in [0.5, 0.6) is 5.75 Å². The maximum absolute atomic E-state index is 13.7. The first-order chi connectivity index (χ1) is 19.2. The molecular weight excluding hydrogens is 558 g/mol. The van der Waals surface area contributed by atoms with Gasteiger partial charge in [0.1, 0.15) is 17.3 Å². The molecule has 0 radical (unpaired) electrons. The summed E-state index contributed by atoms with van der Waals surface area (Å²) in [6, 6.07) is 13.6. The van der Waals surface area contributed by atoms with Crippen LogP contribution in [0.3, 0.4) is 0 Å². The number of rotatable bonds is 7. The molecule has 2 aromatic heterocycles. The molecule has 0 spiro atoms. The molecule has 1 aliphatic heterocycles. The number of carbonyl (C=O) groups is 1. The van der Waals surface area contributed by atoms with Crippen LogP contribution in [0, 0.1) is 10.1 Å². The van der Waals surface area contributed by atoms with Crippen molar-refractivity contribution in [2.45, 2.75) is 19.9 Å². The maximum Gasteiger partial charge on any atom is 0.338 e. The second kappa shape index (κ2) is 10.9. The highest BCUT2D eigenvalue weighted by molar-refractivity contribution is 7.07. The molecule has 0 aliphatic carbocycles. The number of carbonyl (C=O) groups excluding carboxylic acids is 1. The highest BCUT2D eigenvalue weighted by Crippen LogP contribution is 2.35. The average molecular weight is 580 g/mol. The third-order valence-electron chi connectivity index (χ3n) is 6.26. The van der Waals surface area contributed by atoms with Gasteiger partial charge in [-0.2, -0.15) is 0 Å². The minimum Gasteiger partial charge on any atom is -0.496 e. The van der Waals surface area contributed by atoms with Crippen molar-refractivity contribution in [2.75, 3.05) is 13.7 Å². The maximum atomic E-state index is 13.7. The number of halogens is 1. The number of nitrogens with zero attached hydrogens (tertiary/aromatic N) is 3. The number of non-ortho nitro benzene ring substituents is 1. The Morgan fingerprint density at radius 2 is 1.98 bits per heavy atom. The van der Waals surface area contributed by atoms with E-state index in [9.17, 15) is 19.7 Å². The largest absolute Gasteiger partial charge is 0.496 e. The number of esters is 1. The topological polar surface area (TPSA) is 126 Å². The summed E-state index contributed by atoms with van der Waals surface area (Å²) in [5.41, 5.74) is 1.30. The van der Waals surface area contributed by atoms with Gasteiger partial charge in [0.25, 0.3) is 11.2 Å². The van der Waals surface area contributed by atoms with Crippen LogP contribution >= 0.6 is 22.9 Å². The third-order valence-corrected chi connectivity index (χ3v) is 7.50. The van der Waals surface area contributed by atoms with Crippen molar-refractivity contribution < 1.29 is 23.6 Å². The number of nitro groups is 1. The molecule has 0 amide bonds. The molecular formula is C28H22ClN3O7S. The van der Waals surface area contributed by atoms with E-state index in [4.69, 9.17) is 25.5 Å². The highest BCUT2D eigenvalue weighted by Gasteiger charge is 2.33. The molecule has 5 rings (SSSR count). The van der Waals surface area contributed by atoms with Gasteiger partial charge >= 0.3 is 5.97 Å². The molecule has 40 heavy (non-hydrogen) atoms. The summed E-state index contributed by atoms with van der Waals surface area (Å²) < 4.78 is 18.4. The fourth-order valence-electron chi connectivity index (χ4n) is 4.46. The first-order valence-electron chi connectivity index (χ1n) is 12.1. The van der Waals surface area contributed by atoms with Crippen LogP contribution in [-0.4, -0.2) is 29.2 Å².